The predicted octanol–water partition coefficient (Wildman–Crippen LogP) is 4.70. The van der Waals surface area contributed by atoms with Crippen LogP contribution in [0.25, 0.3) is 5.65 Å². The van der Waals surface area contributed by atoms with E-state index in [9.17, 15) is 9.18 Å². The van der Waals surface area contributed by atoms with Crippen LogP contribution in [0.2, 0.25) is 0 Å². The van der Waals surface area contributed by atoms with Crippen molar-refractivity contribution in [1.82, 2.24) is 19.9 Å². The number of aryl methyl sites for hydroxylation is 2. The molecule has 30 heavy (non-hydrogen) atoms. The zero-order valence-corrected chi connectivity index (χ0v) is 17.5. The van der Waals surface area contributed by atoms with Crippen LogP contribution < -0.4 is 5.32 Å². The highest BCUT2D eigenvalue weighted by molar-refractivity contribution is 5.99. The van der Waals surface area contributed by atoms with E-state index < -0.39 is 0 Å². The van der Waals surface area contributed by atoms with Crippen LogP contribution in [0.15, 0.2) is 42.1 Å². The number of carbonyl (C=O) groups excluding carboxylic acids is 1. The van der Waals surface area contributed by atoms with Crippen LogP contribution in [0.4, 0.5) is 4.39 Å². The standard InChI is InChI=1S/C24H27FN4O/c1-16-21(14-19-8-10-20(25)11-9-19)17(2)29-23(28-16)22(15-27-29)24(30)26-13-12-18-6-4-3-5-7-18/h6,8-11,15H,3-5,7,12-14H2,1-2H3,(H,26,30). The number of aromatic nitrogens is 3. The third-order valence-corrected chi connectivity index (χ3v) is 5.86. The summed E-state index contributed by atoms with van der Waals surface area (Å²) in [7, 11) is 0. The molecule has 0 spiro atoms. The zero-order valence-electron chi connectivity index (χ0n) is 17.5. The molecule has 1 aliphatic carbocycles. The quantitative estimate of drug-likeness (QED) is 0.604. The Hall–Kier alpha value is -3.02. The van der Waals surface area contributed by atoms with Crippen molar-refractivity contribution < 1.29 is 9.18 Å². The molecule has 3 aromatic rings. The van der Waals surface area contributed by atoms with Crippen molar-refractivity contribution in [2.24, 2.45) is 0 Å². The van der Waals surface area contributed by atoms with Crippen molar-refractivity contribution in [3.8, 4) is 0 Å². The molecule has 0 aliphatic heterocycles. The molecular formula is C24H27FN4O. The first-order valence-corrected chi connectivity index (χ1v) is 10.6. The number of fused-ring (bicyclic) bond motifs is 1. The van der Waals surface area contributed by atoms with Gasteiger partial charge in [-0.2, -0.15) is 5.10 Å². The van der Waals surface area contributed by atoms with Gasteiger partial charge in [0.15, 0.2) is 5.65 Å². The number of benzene rings is 1. The molecule has 4 rings (SSSR count). The third-order valence-electron chi connectivity index (χ3n) is 5.86. The SMILES string of the molecule is Cc1nc2c(C(=O)NCCC3=CCCCC3)cnn2c(C)c1Cc1ccc(F)cc1. The number of hydrogen-bond donors (Lipinski definition) is 1. The molecule has 6 heteroatoms. The average molecular weight is 407 g/mol. The van der Waals surface area contributed by atoms with Crippen molar-refractivity contribution in [3.05, 3.63) is 76.0 Å². The Morgan fingerprint density at radius 2 is 2.00 bits per heavy atom. The van der Waals surface area contributed by atoms with Gasteiger partial charge in [-0.3, -0.25) is 4.79 Å². The Labute approximate surface area is 176 Å². The van der Waals surface area contributed by atoms with E-state index in [-0.39, 0.29) is 11.7 Å². The van der Waals surface area contributed by atoms with Gasteiger partial charge in [0.25, 0.3) is 5.91 Å². The number of carbonyl (C=O) groups is 1. The van der Waals surface area contributed by atoms with Crippen molar-refractivity contribution in [2.45, 2.75) is 52.4 Å². The van der Waals surface area contributed by atoms with Gasteiger partial charge in [0.2, 0.25) is 0 Å². The molecule has 1 aliphatic rings. The maximum atomic E-state index is 13.2. The summed E-state index contributed by atoms with van der Waals surface area (Å²) in [6.07, 6.45) is 10.2. The first-order valence-electron chi connectivity index (χ1n) is 10.6. The van der Waals surface area contributed by atoms with E-state index in [2.05, 4.69) is 21.5 Å². The summed E-state index contributed by atoms with van der Waals surface area (Å²) >= 11 is 0. The summed E-state index contributed by atoms with van der Waals surface area (Å²) in [5.74, 6) is -0.387. The van der Waals surface area contributed by atoms with E-state index in [4.69, 9.17) is 0 Å². The normalized spacial score (nSPS) is 14.0. The van der Waals surface area contributed by atoms with Gasteiger partial charge >= 0.3 is 0 Å². The molecule has 5 nitrogen and oxygen atoms in total. The number of nitrogens with one attached hydrogen (secondary N) is 1. The van der Waals surface area contributed by atoms with Crippen LogP contribution in [0.5, 0.6) is 0 Å². The second-order valence-corrected chi connectivity index (χ2v) is 7.97. The van der Waals surface area contributed by atoms with Gasteiger partial charge < -0.3 is 5.32 Å². The number of rotatable bonds is 6. The first-order chi connectivity index (χ1) is 14.5. The number of hydrogen-bond acceptors (Lipinski definition) is 3. The number of halogens is 1. The van der Waals surface area contributed by atoms with Gasteiger partial charge in [0.05, 0.1) is 6.20 Å². The van der Waals surface area contributed by atoms with Crippen molar-refractivity contribution >= 4 is 11.6 Å². The highest BCUT2D eigenvalue weighted by Gasteiger charge is 2.18. The second kappa shape index (κ2) is 8.78. The zero-order chi connectivity index (χ0) is 21.1. The molecule has 0 fully saturated rings. The van der Waals surface area contributed by atoms with Gasteiger partial charge in [-0.1, -0.05) is 23.8 Å². The van der Waals surface area contributed by atoms with E-state index >= 15 is 0 Å². The minimum absolute atomic E-state index is 0.140. The molecule has 0 radical (unpaired) electrons. The number of allylic oxidation sites excluding steroid dienone is 1. The molecule has 2 aromatic heterocycles. The molecule has 0 saturated heterocycles. The van der Waals surface area contributed by atoms with E-state index in [0.29, 0.717) is 24.2 Å². The highest BCUT2D eigenvalue weighted by Crippen LogP contribution is 2.21. The Kier molecular flexibility index (Phi) is 5.93. The summed E-state index contributed by atoms with van der Waals surface area (Å²) in [5, 5.41) is 7.43. The minimum atomic E-state index is -0.247. The second-order valence-electron chi connectivity index (χ2n) is 7.97. The summed E-state index contributed by atoms with van der Waals surface area (Å²) in [6, 6.07) is 6.49. The van der Waals surface area contributed by atoms with Crippen LogP contribution in [0.3, 0.4) is 0 Å². The monoisotopic (exact) mass is 406 g/mol. The maximum Gasteiger partial charge on any atom is 0.256 e. The largest absolute Gasteiger partial charge is 0.352 e. The van der Waals surface area contributed by atoms with Gasteiger partial charge in [-0.25, -0.2) is 13.9 Å². The molecule has 0 atom stereocenters. The fourth-order valence-corrected chi connectivity index (χ4v) is 4.10. The number of nitrogens with zero attached hydrogens (tertiary/aromatic N) is 3. The van der Waals surface area contributed by atoms with Crippen LogP contribution in [-0.2, 0) is 6.42 Å². The van der Waals surface area contributed by atoms with Crippen LogP contribution in [0, 0.1) is 19.7 Å². The number of amides is 1. The molecule has 1 N–H and O–H groups in total. The van der Waals surface area contributed by atoms with Crippen LogP contribution in [-0.4, -0.2) is 27.0 Å². The van der Waals surface area contributed by atoms with Gasteiger partial charge in [0.1, 0.15) is 11.4 Å². The summed E-state index contributed by atoms with van der Waals surface area (Å²) in [4.78, 5) is 17.4. The van der Waals surface area contributed by atoms with Crippen molar-refractivity contribution in [3.63, 3.8) is 0 Å². The molecule has 1 amide bonds. The Bertz CT molecular complexity index is 1100. The Morgan fingerprint density at radius 3 is 2.73 bits per heavy atom. The van der Waals surface area contributed by atoms with Gasteiger partial charge in [-0.15, -0.1) is 0 Å². The van der Waals surface area contributed by atoms with E-state index in [0.717, 1.165) is 41.8 Å². The summed E-state index contributed by atoms with van der Waals surface area (Å²) < 4.78 is 14.9. The van der Waals surface area contributed by atoms with E-state index in [1.54, 1.807) is 22.8 Å². The molecule has 2 heterocycles. The average Bonchev–Trinajstić information content (AvgIpc) is 3.17. The van der Waals surface area contributed by atoms with Crippen LogP contribution in [0.1, 0.15) is 65.0 Å². The Morgan fingerprint density at radius 1 is 1.20 bits per heavy atom. The van der Waals surface area contributed by atoms with E-state index in [1.807, 2.05) is 13.8 Å². The molecular weight excluding hydrogens is 379 g/mol. The maximum absolute atomic E-state index is 13.2. The lowest BCUT2D eigenvalue weighted by atomic mass is 9.97. The molecule has 1 aromatic carbocycles. The van der Waals surface area contributed by atoms with Gasteiger partial charge in [-0.05, 0) is 69.2 Å². The topological polar surface area (TPSA) is 59.3 Å². The lowest BCUT2D eigenvalue weighted by molar-refractivity contribution is 0.0955. The molecule has 0 saturated carbocycles. The smallest absolute Gasteiger partial charge is 0.256 e. The lowest BCUT2D eigenvalue weighted by Gasteiger charge is -2.13. The van der Waals surface area contributed by atoms with Crippen LogP contribution >= 0.6 is 0 Å². The van der Waals surface area contributed by atoms with E-state index in [1.165, 1.54) is 30.5 Å². The van der Waals surface area contributed by atoms with Gasteiger partial charge in [0, 0.05) is 24.4 Å². The predicted molar refractivity (Wildman–Crippen MR) is 115 cm³/mol. The minimum Gasteiger partial charge on any atom is -0.352 e. The fraction of sp³-hybridized carbons (Fsp3) is 0.375. The summed E-state index contributed by atoms with van der Waals surface area (Å²) in [5.41, 5.74) is 6.34. The molecule has 156 valence electrons. The fourth-order valence-electron chi connectivity index (χ4n) is 4.10. The lowest BCUT2D eigenvalue weighted by Crippen LogP contribution is -2.25. The van der Waals surface area contributed by atoms with Crippen molar-refractivity contribution in [2.75, 3.05) is 6.54 Å². The molecule has 0 bridgehead atoms. The van der Waals surface area contributed by atoms with Crippen molar-refractivity contribution in [1.29, 1.82) is 0 Å². The summed E-state index contributed by atoms with van der Waals surface area (Å²) in [6.45, 7) is 4.55. The third kappa shape index (κ3) is 4.27. The molecule has 0 unspecified atom stereocenters. The Balaban J connectivity index is 1.52. The highest BCUT2D eigenvalue weighted by atomic mass is 19.1. The first kappa shape index (κ1) is 20.3.